The van der Waals surface area contributed by atoms with Gasteiger partial charge in [0.15, 0.2) is 0 Å². The SMILES string of the molecule is CN1CCC2[C@@H](CC1)c1cc(S(=O)(=O)c3ccccc3)ccc1N2C. The van der Waals surface area contributed by atoms with E-state index >= 15 is 0 Å². The van der Waals surface area contributed by atoms with Gasteiger partial charge in [0.1, 0.15) is 0 Å². The van der Waals surface area contributed by atoms with Crippen LogP contribution in [0, 0.1) is 0 Å². The Kier molecular flexibility index (Phi) is 4.08. The molecular formula is C20H24N2O2S. The van der Waals surface area contributed by atoms with Crippen molar-refractivity contribution in [3.63, 3.8) is 0 Å². The van der Waals surface area contributed by atoms with Crippen molar-refractivity contribution in [2.45, 2.75) is 34.6 Å². The molecule has 2 aliphatic heterocycles. The average Bonchev–Trinajstić information content (AvgIpc) is 2.76. The number of anilines is 1. The van der Waals surface area contributed by atoms with E-state index in [0.29, 0.717) is 21.8 Å². The fourth-order valence-corrected chi connectivity index (χ4v) is 5.59. The van der Waals surface area contributed by atoms with Crippen LogP contribution in [0.1, 0.15) is 24.3 Å². The molecule has 0 saturated carbocycles. The summed E-state index contributed by atoms with van der Waals surface area (Å²) < 4.78 is 25.9. The monoisotopic (exact) mass is 356 g/mol. The summed E-state index contributed by atoms with van der Waals surface area (Å²) in [5.74, 6) is 0.413. The zero-order valence-electron chi connectivity index (χ0n) is 14.7. The lowest BCUT2D eigenvalue weighted by molar-refractivity contribution is 0.345. The second kappa shape index (κ2) is 6.15. The third-order valence-electron chi connectivity index (χ3n) is 5.73. The molecule has 0 radical (unpaired) electrons. The number of hydrogen-bond acceptors (Lipinski definition) is 4. The molecule has 0 bridgehead atoms. The number of hydrogen-bond donors (Lipinski definition) is 0. The zero-order valence-corrected chi connectivity index (χ0v) is 15.5. The van der Waals surface area contributed by atoms with E-state index in [1.807, 2.05) is 18.2 Å². The fraction of sp³-hybridized carbons (Fsp3) is 0.400. The molecule has 2 aromatic rings. The lowest BCUT2D eigenvalue weighted by Gasteiger charge is -2.25. The van der Waals surface area contributed by atoms with Crippen molar-refractivity contribution < 1.29 is 8.42 Å². The van der Waals surface area contributed by atoms with E-state index in [9.17, 15) is 8.42 Å². The highest BCUT2D eigenvalue weighted by Crippen LogP contribution is 2.45. The summed E-state index contributed by atoms with van der Waals surface area (Å²) in [6.07, 6.45) is 2.19. The summed E-state index contributed by atoms with van der Waals surface area (Å²) in [4.78, 5) is 5.48. The molecule has 0 spiro atoms. The summed E-state index contributed by atoms with van der Waals surface area (Å²) in [7, 11) is 0.839. The Morgan fingerprint density at radius 1 is 0.920 bits per heavy atom. The predicted octanol–water partition coefficient (Wildman–Crippen LogP) is 3.15. The van der Waals surface area contributed by atoms with Crippen LogP contribution in [0.4, 0.5) is 5.69 Å². The summed E-state index contributed by atoms with van der Waals surface area (Å²) in [6, 6.07) is 14.8. The van der Waals surface area contributed by atoms with Gasteiger partial charge in [-0.15, -0.1) is 0 Å². The van der Waals surface area contributed by atoms with Gasteiger partial charge in [0, 0.05) is 24.7 Å². The molecular weight excluding hydrogens is 332 g/mol. The second-order valence-corrected chi connectivity index (χ2v) is 9.15. The summed E-state index contributed by atoms with van der Waals surface area (Å²) in [5.41, 5.74) is 2.38. The molecule has 0 N–H and O–H groups in total. The summed E-state index contributed by atoms with van der Waals surface area (Å²) >= 11 is 0. The summed E-state index contributed by atoms with van der Waals surface area (Å²) in [6.45, 7) is 2.15. The Bertz CT molecular complexity index is 880. The van der Waals surface area contributed by atoms with Crippen molar-refractivity contribution in [1.29, 1.82) is 0 Å². The Morgan fingerprint density at radius 3 is 2.40 bits per heavy atom. The highest BCUT2D eigenvalue weighted by Gasteiger charge is 2.38. The predicted molar refractivity (Wildman–Crippen MR) is 100.0 cm³/mol. The number of rotatable bonds is 2. The van der Waals surface area contributed by atoms with Crippen LogP contribution in [0.5, 0.6) is 0 Å². The van der Waals surface area contributed by atoms with E-state index in [1.165, 1.54) is 11.3 Å². The minimum Gasteiger partial charge on any atom is -0.371 e. The molecule has 0 amide bonds. The normalized spacial score (nSPS) is 23.8. The number of nitrogens with zero attached hydrogens (tertiary/aromatic N) is 2. The maximum atomic E-state index is 13.0. The van der Waals surface area contributed by atoms with Crippen LogP contribution in [0.25, 0.3) is 0 Å². The molecule has 2 aliphatic rings. The maximum Gasteiger partial charge on any atom is 0.206 e. The van der Waals surface area contributed by atoms with Gasteiger partial charge in [-0.25, -0.2) is 8.42 Å². The molecule has 0 aliphatic carbocycles. The zero-order chi connectivity index (χ0) is 17.6. The first-order valence-electron chi connectivity index (χ1n) is 8.84. The van der Waals surface area contributed by atoms with Gasteiger partial charge < -0.3 is 9.80 Å². The molecule has 2 atom stereocenters. The lowest BCUT2D eigenvalue weighted by Crippen LogP contribution is -2.31. The van der Waals surface area contributed by atoms with Crippen LogP contribution in [-0.4, -0.2) is 46.5 Å². The Balaban J connectivity index is 1.76. The van der Waals surface area contributed by atoms with Gasteiger partial charge in [0.05, 0.1) is 9.79 Å². The van der Waals surface area contributed by atoms with Gasteiger partial charge in [-0.2, -0.15) is 0 Å². The molecule has 25 heavy (non-hydrogen) atoms. The molecule has 4 rings (SSSR count). The maximum absolute atomic E-state index is 13.0. The third kappa shape index (κ3) is 2.75. The Hall–Kier alpha value is -1.85. The largest absolute Gasteiger partial charge is 0.371 e. The summed E-state index contributed by atoms with van der Waals surface area (Å²) in [5, 5.41) is 0. The fourth-order valence-electron chi connectivity index (χ4n) is 4.28. The molecule has 4 nitrogen and oxygen atoms in total. The first-order chi connectivity index (χ1) is 12.0. The van der Waals surface area contributed by atoms with Gasteiger partial charge in [0.25, 0.3) is 0 Å². The Labute approximate surface area is 150 Å². The van der Waals surface area contributed by atoms with Crippen LogP contribution < -0.4 is 4.90 Å². The molecule has 132 valence electrons. The van der Waals surface area contributed by atoms with E-state index in [2.05, 4.69) is 23.9 Å². The van der Waals surface area contributed by atoms with E-state index < -0.39 is 9.84 Å². The van der Waals surface area contributed by atoms with Crippen LogP contribution in [0.3, 0.4) is 0 Å². The number of likely N-dealkylation sites (tertiary alicyclic amines) is 1. The highest BCUT2D eigenvalue weighted by atomic mass is 32.2. The second-order valence-electron chi connectivity index (χ2n) is 7.20. The van der Waals surface area contributed by atoms with E-state index in [-0.39, 0.29) is 0 Å². The van der Waals surface area contributed by atoms with Crippen molar-refractivity contribution in [3.8, 4) is 0 Å². The van der Waals surface area contributed by atoms with E-state index in [0.717, 1.165) is 25.9 Å². The Morgan fingerprint density at radius 2 is 1.64 bits per heavy atom. The van der Waals surface area contributed by atoms with E-state index in [4.69, 9.17) is 0 Å². The first-order valence-corrected chi connectivity index (χ1v) is 10.3. The quantitative estimate of drug-likeness (QED) is 0.829. The molecule has 2 aromatic carbocycles. The van der Waals surface area contributed by atoms with Crippen molar-refractivity contribution in [2.75, 3.05) is 32.1 Å². The van der Waals surface area contributed by atoms with E-state index in [1.54, 1.807) is 30.3 Å². The third-order valence-corrected chi connectivity index (χ3v) is 7.50. The van der Waals surface area contributed by atoms with Gasteiger partial charge in [-0.1, -0.05) is 18.2 Å². The van der Waals surface area contributed by atoms with Crippen LogP contribution in [-0.2, 0) is 9.84 Å². The smallest absolute Gasteiger partial charge is 0.206 e. The average molecular weight is 356 g/mol. The van der Waals surface area contributed by atoms with Gasteiger partial charge in [0.2, 0.25) is 9.84 Å². The van der Waals surface area contributed by atoms with Crippen molar-refractivity contribution in [1.82, 2.24) is 4.90 Å². The van der Waals surface area contributed by atoms with Gasteiger partial charge >= 0.3 is 0 Å². The molecule has 1 unspecified atom stereocenters. The van der Waals surface area contributed by atoms with Crippen LogP contribution >= 0.6 is 0 Å². The highest BCUT2D eigenvalue weighted by molar-refractivity contribution is 7.91. The van der Waals surface area contributed by atoms with Crippen molar-refractivity contribution in [2.24, 2.45) is 0 Å². The van der Waals surface area contributed by atoms with Crippen molar-refractivity contribution in [3.05, 3.63) is 54.1 Å². The number of likely N-dealkylation sites (N-methyl/N-ethyl adjacent to an activating group) is 1. The molecule has 1 fully saturated rings. The standard InChI is InChI=1S/C20H24N2O2S/c1-21-12-10-17-18-14-16(25(23,24)15-6-4-3-5-7-15)8-9-19(18)22(2)20(17)11-13-21/h3-9,14,17,20H,10-13H2,1-2H3/t17-,20?/m0/s1. The lowest BCUT2D eigenvalue weighted by atomic mass is 9.91. The van der Waals surface area contributed by atoms with Crippen LogP contribution in [0.15, 0.2) is 58.3 Å². The first kappa shape index (κ1) is 16.6. The number of benzene rings is 2. The topological polar surface area (TPSA) is 40.6 Å². The number of fused-ring (bicyclic) bond motifs is 3. The van der Waals surface area contributed by atoms with Crippen LogP contribution in [0.2, 0.25) is 0 Å². The van der Waals surface area contributed by atoms with Crippen molar-refractivity contribution >= 4 is 15.5 Å². The molecule has 0 aromatic heterocycles. The van der Waals surface area contributed by atoms with Gasteiger partial charge in [-0.3, -0.25) is 0 Å². The minimum absolute atomic E-state index is 0.360. The molecule has 5 heteroatoms. The van der Waals surface area contributed by atoms with Gasteiger partial charge in [-0.05, 0) is 68.9 Å². The minimum atomic E-state index is -3.46. The molecule has 1 saturated heterocycles. The number of sulfone groups is 1. The molecule has 2 heterocycles.